The Hall–Kier alpha value is -8.16. The van der Waals surface area contributed by atoms with Crippen LogP contribution in [0.4, 0.5) is 51.7 Å². The summed E-state index contributed by atoms with van der Waals surface area (Å²) in [6, 6.07) is 27.1. The van der Waals surface area contributed by atoms with E-state index in [1.165, 1.54) is 86.5 Å². The number of aryl methyl sites for hydroxylation is 3. The third-order valence-corrected chi connectivity index (χ3v) is 26.2. The molecule has 0 radical (unpaired) electrons. The van der Waals surface area contributed by atoms with E-state index in [1.54, 1.807) is 90.2 Å². The Balaban J connectivity index is 0.000000199. The molecule has 0 unspecified atom stereocenters. The number of methoxy groups -OCH3 is 2. The van der Waals surface area contributed by atoms with Gasteiger partial charge in [-0.2, -0.15) is 18.4 Å². The first-order chi connectivity index (χ1) is 56.9. The van der Waals surface area contributed by atoms with Crippen LogP contribution in [0.15, 0.2) is 136 Å². The van der Waals surface area contributed by atoms with E-state index in [0.29, 0.717) is 97.5 Å². The minimum Gasteiger partial charge on any atom is -0.495 e. The predicted octanol–water partition coefficient (Wildman–Crippen LogP) is 15.4. The number of rotatable bonds is 25. The van der Waals surface area contributed by atoms with E-state index < -0.39 is 24.4 Å². The molecule has 8 heterocycles. The Kier molecular flexibility index (Phi) is 35.9. The molecule has 0 amide bonds. The van der Waals surface area contributed by atoms with Crippen molar-refractivity contribution in [3.63, 3.8) is 0 Å². The van der Waals surface area contributed by atoms with Crippen LogP contribution in [0.3, 0.4) is 0 Å². The number of piperidine rings is 2. The summed E-state index contributed by atoms with van der Waals surface area (Å²) in [5, 5.41) is 19.5. The summed E-state index contributed by atoms with van der Waals surface area (Å²) in [7, 11) is -1.55. The predicted molar refractivity (Wildman–Crippen MR) is 491 cm³/mol. The summed E-state index contributed by atoms with van der Waals surface area (Å²) in [5.74, 6) is 5.20. The van der Waals surface area contributed by atoms with Crippen LogP contribution in [0.25, 0.3) is 22.8 Å². The molecule has 4 aromatic heterocycles. The van der Waals surface area contributed by atoms with Gasteiger partial charge in [0.1, 0.15) is 37.4 Å². The average Bonchev–Trinajstić information content (AvgIpc) is 0.809. The van der Waals surface area contributed by atoms with Crippen LogP contribution in [-0.2, 0) is 32.1 Å². The normalized spacial score (nSPS) is 15.3. The number of aliphatic hydroxyl groups is 1. The highest BCUT2D eigenvalue weighted by Crippen LogP contribution is 2.44. The van der Waals surface area contributed by atoms with Crippen LogP contribution in [0, 0.1) is 6.92 Å². The standard InChI is InChI=1S/C37H49BrN9O3P.C19H32N4O.C18H18BrClN5O2P.C7H8O3S.C4H10O/c1-7-25-19-31(33(49-4)21-32(25)47-13-11-27(12-14-47)46-17-15-45(3)16-18-46)43-37-41-24-29(38)36(44-37)42-30-10-9-26(20-34(30)51(5,6)48)35-39-22-28(23-40-35)50-8-2;1-4-15-13-17(20)19(24-3)14-18(15)23-7-5-16(6-8-23)22-11-9-21(2)10-12-22;1-4-27-12-8-21-16(22-9-12)11-5-6-14(15(7-11)28(2,3)26)24-17-13(19)10-23-18(20)25-17;1-6-2-4-7(5-3-6)11(8,9)10;1-2-3-4-5/h9-10,19-24,27H,7-8,11-18H2,1-6H3,(H2,41,42,43,44);13-14,16H,4-12,20H2,1-3H3;5-10H,4H2,1-3H3,(H,23,24,25);2-5H,1H3,(H,8,9,10);5H,2-4H2,1H3. The van der Waals surface area contributed by atoms with Crippen molar-refractivity contribution in [3.05, 3.63) is 153 Å². The van der Waals surface area contributed by atoms with Gasteiger partial charge in [-0.1, -0.05) is 44.9 Å². The number of aliphatic hydroxyl groups excluding tert-OH is 1. The Morgan fingerprint density at radius 3 is 1.37 bits per heavy atom. The lowest BCUT2D eigenvalue weighted by atomic mass is 9.99. The molecule has 34 heteroatoms. The van der Waals surface area contributed by atoms with Crippen LogP contribution in [0.2, 0.25) is 5.28 Å². The highest BCUT2D eigenvalue weighted by molar-refractivity contribution is 9.11. The maximum Gasteiger partial charge on any atom is 0.294 e. The summed E-state index contributed by atoms with van der Waals surface area (Å²) in [5.41, 5.74) is 16.5. The number of aromatic nitrogens is 8. The van der Waals surface area contributed by atoms with Gasteiger partial charge in [-0.05, 0) is 222 Å². The van der Waals surface area contributed by atoms with E-state index in [1.807, 2.05) is 57.2 Å². The second kappa shape index (κ2) is 45.1. The van der Waals surface area contributed by atoms with Gasteiger partial charge in [-0.25, -0.2) is 29.9 Å². The lowest BCUT2D eigenvalue weighted by molar-refractivity contribution is 0.0982. The summed E-state index contributed by atoms with van der Waals surface area (Å²) < 4.78 is 79.5. The third-order valence-electron chi connectivity index (χ3n) is 20.9. The van der Waals surface area contributed by atoms with Gasteiger partial charge in [0.15, 0.2) is 23.1 Å². The number of hydrogen-bond donors (Lipinski definition) is 6. The first-order valence-corrected chi connectivity index (χ1v) is 49.0. The largest absolute Gasteiger partial charge is 0.495 e. The molecule has 0 bridgehead atoms. The van der Waals surface area contributed by atoms with Crippen molar-refractivity contribution in [2.24, 2.45) is 0 Å². The second-order valence-electron chi connectivity index (χ2n) is 30.2. The zero-order chi connectivity index (χ0) is 86.1. The van der Waals surface area contributed by atoms with Crippen molar-refractivity contribution in [2.45, 2.75) is 110 Å². The number of ether oxygens (including phenoxy) is 4. The maximum atomic E-state index is 13.5. The number of piperazine rings is 2. The molecule has 13 rings (SSSR count). The average molecular weight is 1840 g/mol. The molecule has 4 saturated heterocycles. The number of halogens is 3. The zero-order valence-corrected chi connectivity index (χ0v) is 77.4. The molecule has 9 aromatic rings. The number of unbranched alkanes of at least 4 members (excludes halogenated alkanes) is 1. The minimum atomic E-state index is -4.02. The van der Waals surface area contributed by atoms with Crippen molar-refractivity contribution < 1.29 is 46.2 Å². The van der Waals surface area contributed by atoms with Crippen LogP contribution in [-0.4, -0.2) is 243 Å². The topological polar surface area (TPSA) is 330 Å². The summed E-state index contributed by atoms with van der Waals surface area (Å²) in [6.45, 7) is 34.2. The molecule has 7 N–H and O–H groups in total. The smallest absolute Gasteiger partial charge is 0.294 e. The molecule has 5 aromatic carbocycles. The van der Waals surface area contributed by atoms with E-state index in [9.17, 15) is 17.5 Å². The van der Waals surface area contributed by atoms with Gasteiger partial charge in [-0.15, -0.1) is 0 Å². The number of nitrogens with zero attached hydrogens (tertiary/aromatic N) is 14. The zero-order valence-electron chi connectivity index (χ0n) is 70.9. The Morgan fingerprint density at radius 1 is 0.546 bits per heavy atom. The molecular formula is C85H117Br2ClN18O10P2S. The van der Waals surface area contributed by atoms with Gasteiger partial charge in [0.05, 0.1) is 88.8 Å². The SMILES string of the molecule is CCCCO.CCOc1cnc(-c2ccc(Nc3nc(Cl)ncc3Br)c(P(C)(C)=O)c2)nc1.CCOc1cnc(-c2ccc(Nc3nc(Nc4cc(CC)c(N5CCC(N6CCN(C)CC6)CC5)cc4OC)ncc3Br)c(P(C)(C)=O)c2)nc1.CCc1cc(N)c(OC)cc1N1CCC(N2CCN(C)CC2)CC1.Cc1ccc(S(=O)(=O)O)cc1. The number of hydrogen-bond acceptors (Lipinski definition) is 27. The van der Waals surface area contributed by atoms with Crippen LogP contribution in [0.1, 0.15) is 89.8 Å². The summed E-state index contributed by atoms with van der Waals surface area (Å²) >= 11 is 12.9. The molecule has 4 aliphatic rings. The number of benzene rings is 5. The fourth-order valence-corrected chi connectivity index (χ4v) is 17.7. The second-order valence-corrected chi connectivity index (χ2v) is 40.0. The van der Waals surface area contributed by atoms with Crippen molar-refractivity contribution in [2.75, 3.05) is 185 Å². The molecule has 119 heavy (non-hydrogen) atoms. The van der Waals surface area contributed by atoms with E-state index >= 15 is 0 Å². The lowest BCUT2D eigenvalue weighted by Gasteiger charge is -2.43. The highest BCUT2D eigenvalue weighted by Gasteiger charge is 2.31. The van der Waals surface area contributed by atoms with Crippen molar-refractivity contribution in [1.82, 2.24) is 59.5 Å². The maximum absolute atomic E-state index is 13.5. The first-order valence-electron chi connectivity index (χ1n) is 40.4. The first kappa shape index (κ1) is 94.7. The molecule has 0 spiro atoms. The fraction of sp³-hybridized carbons (Fsp3) is 0.459. The van der Waals surface area contributed by atoms with Gasteiger partial charge in [0.2, 0.25) is 11.2 Å². The number of likely N-dealkylation sites (N-methyl/N-ethyl adjacent to an activating group) is 2. The third kappa shape index (κ3) is 27.4. The molecular weight excluding hydrogens is 1720 g/mol. The van der Waals surface area contributed by atoms with Crippen LogP contribution in [0.5, 0.6) is 23.0 Å². The van der Waals surface area contributed by atoms with E-state index in [4.69, 9.17) is 50.9 Å². The fourth-order valence-electron chi connectivity index (χ4n) is 14.2. The van der Waals surface area contributed by atoms with Gasteiger partial charge in [0, 0.05) is 155 Å². The van der Waals surface area contributed by atoms with E-state index in [0.717, 1.165) is 124 Å². The van der Waals surface area contributed by atoms with Crippen LogP contribution >= 0.6 is 57.7 Å². The van der Waals surface area contributed by atoms with Crippen LogP contribution < -0.4 is 61.0 Å². The molecule has 28 nitrogen and oxygen atoms in total. The number of nitrogen functional groups attached to an aromatic ring is 1. The minimum absolute atomic E-state index is 0.0666. The molecule has 0 atom stereocenters. The van der Waals surface area contributed by atoms with E-state index in [2.05, 4.69) is 171 Å². The molecule has 4 aliphatic heterocycles. The molecule has 0 aliphatic carbocycles. The highest BCUT2D eigenvalue weighted by atomic mass is 79.9. The number of anilines is 9. The molecule has 644 valence electrons. The molecule has 4 fully saturated rings. The monoisotopic (exact) mass is 1840 g/mol. The summed E-state index contributed by atoms with van der Waals surface area (Å²) in [4.78, 5) is 50.2. The van der Waals surface area contributed by atoms with Crippen molar-refractivity contribution in [3.8, 4) is 45.8 Å². The van der Waals surface area contributed by atoms with Gasteiger partial charge in [-0.3, -0.25) is 14.4 Å². The lowest BCUT2D eigenvalue weighted by Crippen LogP contribution is -2.52. The number of nitrogens with one attached hydrogen (secondary N) is 3. The van der Waals surface area contributed by atoms with E-state index in [-0.39, 0.29) is 10.2 Å². The summed E-state index contributed by atoms with van der Waals surface area (Å²) in [6.07, 6.45) is 18.5. The Bertz CT molecular complexity index is 4980. The quantitative estimate of drug-likeness (QED) is 0.0134. The molecule has 0 saturated carbocycles. The Labute approximate surface area is 724 Å². The van der Waals surface area contributed by atoms with Gasteiger partial charge < -0.3 is 74.5 Å². The Morgan fingerprint density at radius 2 is 0.975 bits per heavy atom. The van der Waals surface area contributed by atoms with Gasteiger partial charge in [0.25, 0.3) is 10.1 Å². The van der Waals surface area contributed by atoms with Crippen molar-refractivity contribution in [1.29, 1.82) is 0 Å². The van der Waals surface area contributed by atoms with Gasteiger partial charge >= 0.3 is 0 Å². The number of nitrogens with two attached hydrogens (primary N) is 1. The van der Waals surface area contributed by atoms with Crippen molar-refractivity contribution >= 4 is 130 Å².